The Morgan fingerprint density at radius 2 is 1.79 bits per heavy atom. The van der Waals surface area contributed by atoms with Gasteiger partial charge in [0, 0.05) is 57.1 Å². The molecule has 34 heavy (non-hydrogen) atoms. The van der Waals surface area contributed by atoms with Gasteiger partial charge in [-0.1, -0.05) is 6.07 Å². The lowest BCUT2D eigenvalue weighted by Crippen LogP contribution is -2.29. The van der Waals surface area contributed by atoms with Crippen LogP contribution in [0.5, 0.6) is 0 Å². The third-order valence-electron chi connectivity index (χ3n) is 5.13. The quantitative estimate of drug-likeness (QED) is 0.387. The van der Waals surface area contributed by atoms with Crippen molar-refractivity contribution in [3.05, 3.63) is 66.0 Å². The number of halogens is 1. The summed E-state index contributed by atoms with van der Waals surface area (Å²) in [6, 6.07) is 5.68. The molecular formula is C22H22FN7O3S. The van der Waals surface area contributed by atoms with Crippen molar-refractivity contribution in [3.63, 3.8) is 0 Å². The minimum Gasteiger partial charge on any atom is -0.361 e. The van der Waals surface area contributed by atoms with Crippen molar-refractivity contribution >= 4 is 38.5 Å². The highest BCUT2D eigenvalue weighted by atomic mass is 32.2. The zero-order chi connectivity index (χ0) is 24.6. The van der Waals surface area contributed by atoms with Crippen LogP contribution in [0, 0.1) is 5.82 Å². The Morgan fingerprint density at radius 3 is 2.44 bits per heavy atom. The first-order chi connectivity index (χ1) is 16.1. The smallest absolute Gasteiger partial charge is 0.301 e. The Bertz CT molecular complexity index is 1480. The predicted octanol–water partition coefficient (Wildman–Crippen LogP) is 2.67. The highest BCUT2D eigenvalue weighted by molar-refractivity contribution is 7.90. The molecule has 4 rings (SSSR count). The van der Waals surface area contributed by atoms with Crippen molar-refractivity contribution < 1.29 is 17.6 Å². The third-order valence-corrected chi connectivity index (χ3v) is 6.57. The van der Waals surface area contributed by atoms with Crippen LogP contribution in [0.15, 0.2) is 49.1 Å². The molecule has 0 saturated carbocycles. The van der Waals surface area contributed by atoms with Crippen LogP contribution in [0.2, 0.25) is 0 Å². The molecule has 3 heterocycles. The molecule has 2 N–H and O–H groups in total. The van der Waals surface area contributed by atoms with Gasteiger partial charge < -0.3 is 9.88 Å². The van der Waals surface area contributed by atoms with Crippen molar-refractivity contribution in [2.45, 2.75) is 0 Å². The van der Waals surface area contributed by atoms with Gasteiger partial charge in [-0.15, -0.1) is 0 Å². The van der Waals surface area contributed by atoms with Gasteiger partial charge in [-0.25, -0.2) is 14.4 Å². The van der Waals surface area contributed by atoms with E-state index in [9.17, 15) is 13.2 Å². The van der Waals surface area contributed by atoms with Gasteiger partial charge in [0.15, 0.2) is 11.6 Å². The number of carbonyl (C=O) groups is 1. The van der Waals surface area contributed by atoms with Crippen LogP contribution in [0.25, 0.3) is 22.3 Å². The van der Waals surface area contributed by atoms with Crippen LogP contribution in [0.1, 0.15) is 15.9 Å². The number of carbonyl (C=O) groups excluding carboxylic acids is 1. The van der Waals surface area contributed by atoms with E-state index in [2.05, 4.69) is 24.7 Å². The van der Waals surface area contributed by atoms with Gasteiger partial charge in [-0.2, -0.15) is 12.7 Å². The number of hydrogen-bond donors (Lipinski definition) is 2. The van der Waals surface area contributed by atoms with Crippen molar-refractivity contribution in [2.24, 2.45) is 0 Å². The number of nitrogens with zero attached hydrogens (tertiary/aromatic N) is 5. The number of rotatable bonds is 7. The lowest BCUT2D eigenvalue weighted by molar-refractivity contribution is 0.103. The lowest BCUT2D eigenvalue weighted by atomic mass is 10.0. The first kappa shape index (κ1) is 23.3. The molecule has 0 bridgehead atoms. The van der Waals surface area contributed by atoms with Gasteiger partial charge in [-0.3, -0.25) is 14.5 Å². The molecular weight excluding hydrogens is 461 g/mol. The van der Waals surface area contributed by atoms with Gasteiger partial charge in [0.2, 0.25) is 0 Å². The first-order valence-electron chi connectivity index (χ1n) is 10.1. The maximum Gasteiger partial charge on any atom is 0.301 e. The van der Waals surface area contributed by atoms with Crippen LogP contribution in [0.3, 0.4) is 0 Å². The molecule has 0 aliphatic rings. The summed E-state index contributed by atoms with van der Waals surface area (Å²) < 4.78 is 42.4. The lowest BCUT2D eigenvalue weighted by Gasteiger charge is -2.14. The molecule has 1 aromatic carbocycles. The van der Waals surface area contributed by atoms with E-state index in [0.29, 0.717) is 28.1 Å². The molecule has 0 aliphatic carbocycles. The maximum absolute atomic E-state index is 15.1. The third kappa shape index (κ3) is 4.32. The van der Waals surface area contributed by atoms with Gasteiger partial charge in [-0.05, 0) is 18.2 Å². The molecule has 0 spiro atoms. The van der Waals surface area contributed by atoms with E-state index in [1.54, 1.807) is 24.7 Å². The number of aromatic amines is 1. The molecule has 0 aliphatic heterocycles. The Morgan fingerprint density at radius 1 is 1.03 bits per heavy atom. The fraction of sp³-hybridized carbons (Fsp3) is 0.182. The summed E-state index contributed by atoms with van der Waals surface area (Å²) in [5.74, 6) is -0.903. The van der Waals surface area contributed by atoms with Crippen LogP contribution in [-0.4, -0.2) is 66.6 Å². The van der Waals surface area contributed by atoms with Crippen LogP contribution >= 0.6 is 0 Å². The minimum atomic E-state index is -3.95. The summed E-state index contributed by atoms with van der Waals surface area (Å²) in [6.07, 6.45) is 6.27. The highest BCUT2D eigenvalue weighted by Crippen LogP contribution is 2.28. The molecule has 0 saturated heterocycles. The summed E-state index contributed by atoms with van der Waals surface area (Å²) in [5.41, 5.74) is 1.22. The zero-order valence-corrected chi connectivity index (χ0v) is 19.7. The average Bonchev–Trinajstić information content (AvgIpc) is 3.23. The van der Waals surface area contributed by atoms with Crippen LogP contribution < -0.4 is 9.62 Å². The number of anilines is 2. The van der Waals surface area contributed by atoms with Crippen molar-refractivity contribution in [1.29, 1.82) is 0 Å². The normalized spacial score (nSPS) is 11.7. The van der Waals surface area contributed by atoms with Crippen LogP contribution in [0.4, 0.5) is 15.9 Å². The first-order valence-corrected chi connectivity index (χ1v) is 11.5. The summed E-state index contributed by atoms with van der Waals surface area (Å²) in [7, 11) is 2.38. The number of ketones is 1. The van der Waals surface area contributed by atoms with Gasteiger partial charge in [0.1, 0.15) is 11.5 Å². The second kappa shape index (κ2) is 8.80. The summed E-state index contributed by atoms with van der Waals surface area (Å²) in [4.78, 5) is 31.1. The van der Waals surface area contributed by atoms with E-state index in [-0.39, 0.29) is 16.8 Å². The number of fused-ring (bicyclic) bond motifs is 1. The van der Waals surface area contributed by atoms with E-state index in [1.165, 1.54) is 38.5 Å². The Labute approximate surface area is 195 Å². The Hall–Kier alpha value is -3.90. The molecule has 3 aromatic heterocycles. The second-order valence-electron chi connectivity index (χ2n) is 7.86. The number of nitrogens with one attached hydrogen (secondary N) is 2. The number of hydrogen-bond acceptors (Lipinski definition) is 7. The molecule has 10 nitrogen and oxygen atoms in total. The molecule has 0 unspecified atom stereocenters. The van der Waals surface area contributed by atoms with Gasteiger partial charge >= 0.3 is 10.2 Å². The molecule has 4 aromatic rings. The summed E-state index contributed by atoms with van der Waals surface area (Å²) >= 11 is 0. The maximum atomic E-state index is 15.1. The highest BCUT2D eigenvalue weighted by Gasteiger charge is 2.23. The van der Waals surface area contributed by atoms with Gasteiger partial charge in [0.25, 0.3) is 0 Å². The van der Waals surface area contributed by atoms with Crippen molar-refractivity contribution in [1.82, 2.24) is 24.2 Å². The number of H-pyrrole nitrogens is 1. The fourth-order valence-electron chi connectivity index (χ4n) is 3.19. The largest absolute Gasteiger partial charge is 0.361 e. The van der Waals surface area contributed by atoms with Crippen molar-refractivity contribution in [2.75, 3.05) is 37.8 Å². The molecule has 0 atom stereocenters. The summed E-state index contributed by atoms with van der Waals surface area (Å²) in [5, 5.41) is 0.472. The minimum absolute atomic E-state index is 0.189. The van der Waals surface area contributed by atoms with E-state index in [1.807, 2.05) is 19.0 Å². The summed E-state index contributed by atoms with van der Waals surface area (Å²) in [6.45, 7) is 0. The average molecular weight is 484 g/mol. The molecule has 0 amide bonds. The second-order valence-corrected chi connectivity index (χ2v) is 9.75. The van der Waals surface area contributed by atoms with Gasteiger partial charge in [0.05, 0.1) is 29.3 Å². The number of aromatic nitrogens is 4. The zero-order valence-electron chi connectivity index (χ0n) is 18.9. The number of pyridine rings is 1. The van der Waals surface area contributed by atoms with Crippen molar-refractivity contribution in [3.8, 4) is 11.3 Å². The Kier molecular flexibility index (Phi) is 6.02. The topological polar surface area (TPSA) is 124 Å². The molecule has 12 heteroatoms. The molecule has 0 fully saturated rings. The standard InChI is InChI=1S/C22H22FN7O3S/c1-29(2)19-12-24-18(11-25-19)13-8-15-16(10-27-22(15)26-9-13)21(31)14-6-5-7-17(20(14)23)28-34(32,33)30(3)4/h5-12,28H,1-4H3,(H,26,27). The van der Waals surface area contributed by atoms with E-state index >= 15 is 4.39 Å². The predicted molar refractivity (Wildman–Crippen MR) is 128 cm³/mol. The molecule has 0 radical (unpaired) electrons. The number of benzene rings is 1. The van der Waals surface area contributed by atoms with E-state index < -0.39 is 21.8 Å². The van der Waals surface area contributed by atoms with E-state index in [0.717, 1.165) is 4.31 Å². The van der Waals surface area contributed by atoms with E-state index in [4.69, 9.17) is 0 Å². The monoisotopic (exact) mass is 483 g/mol. The Balaban J connectivity index is 1.72. The molecule has 176 valence electrons. The van der Waals surface area contributed by atoms with Crippen LogP contribution in [-0.2, 0) is 10.2 Å². The fourth-order valence-corrected chi connectivity index (χ4v) is 3.81. The SMILES string of the molecule is CN(C)c1cnc(-c2cnc3[nH]cc(C(=O)c4cccc(NS(=O)(=O)N(C)C)c4F)c3c2)cn1.